The third-order valence-electron chi connectivity index (χ3n) is 3.64. The van der Waals surface area contributed by atoms with Crippen molar-refractivity contribution < 1.29 is 4.42 Å². The van der Waals surface area contributed by atoms with Crippen molar-refractivity contribution >= 4 is 0 Å². The van der Waals surface area contributed by atoms with Crippen LogP contribution >= 0.6 is 0 Å². The van der Waals surface area contributed by atoms with Crippen LogP contribution in [0.25, 0.3) is 0 Å². The van der Waals surface area contributed by atoms with Crippen molar-refractivity contribution in [2.45, 2.75) is 45.6 Å². The van der Waals surface area contributed by atoms with Gasteiger partial charge in [0.1, 0.15) is 0 Å². The SMILES string of the molecule is CC(C)c1ccc(C(N)c2ccoc2)c(C(C)C)c1. The average molecular weight is 257 g/mol. The van der Waals surface area contributed by atoms with Crippen LogP contribution in [0.3, 0.4) is 0 Å². The van der Waals surface area contributed by atoms with Gasteiger partial charge in [-0.25, -0.2) is 0 Å². The topological polar surface area (TPSA) is 39.2 Å². The molecule has 0 amide bonds. The zero-order valence-electron chi connectivity index (χ0n) is 12.2. The molecule has 0 radical (unpaired) electrons. The molecule has 1 atom stereocenters. The summed E-state index contributed by atoms with van der Waals surface area (Å²) < 4.78 is 5.14. The number of nitrogens with two attached hydrogens (primary N) is 1. The molecule has 0 aliphatic rings. The van der Waals surface area contributed by atoms with Crippen LogP contribution < -0.4 is 5.73 Å². The van der Waals surface area contributed by atoms with E-state index in [4.69, 9.17) is 10.2 Å². The average Bonchev–Trinajstić information content (AvgIpc) is 2.90. The summed E-state index contributed by atoms with van der Waals surface area (Å²) in [4.78, 5) is 0. The van der Waals surface area contributed by atoms with Crippen molar-refractivity contribution in [1.82, 2.24) is 0 Å². The molecule has 2 rings (SSSR count). The zero-order chi connectivity index (χ0) is 14.0. The Hall–Kier alpha value is -1.54. The number of rotatable bonds is 4. The Morgan fingerprint density at radius 3 is 2.16 bits per heavy atom. The lowest BCUT2D eigenvalue weighted by Crippen LogP contribution is -2.14. The predicted octanol–water partition coefficient (Wildman–Crippen LogP) is 4.57. The minimum atomic E-state index is -0.114. The molecule has 2 nitrogen and oxygen atoms in total. The van der Waals surface area contributed by atoms with E-state index in [9.17, 15) is 0 Å². The van der Waals surface area contributed by atoms with Gasteiger partial charge in [-0.1, -0.05) is 45.9 Å². The van der Waals surface area contributed by atoms with Gasteiger partial charge in [-0.05, 0) is 34.6 Å². The molecule has 1 aromatic heterocycles. The fraction of sp³-hybridized carbons (Fsp3) is 0.412. The van der Waals surface area contributed by atoms with Crippen LogP contribution in [-0.2, 0) is 0 Å². The molecule has 2 heteroatoms. The highest BCUT2D eigenvalue weighted by Crippen LogP contribution is 2.30. The summed E-state index contributed by atoms with van der Waals surface area (Å²) in [6, 6.07) is 8.47. The molecule has 1 aromatic carbocycles. The quantitative estimate of drug-likeness (QED) is 0.871. The first-order valence-corrected chi connectivity index (χ1v) is 6.92. The Morgan fingerprint density at radius 2 is 1.63 bits per heavy atom. The van der Waals surface area contributed by atoms with Gasteiger partial charge in [-0.3, -0.25) is 0 Å². The summed E-state index contributed by atoms with van der Waals surface area (Å²) in [6.07, 6.45) is 3.40. The summed E-state index contributed by atoms with van der Waals surface area (Å²) in [5.41, 5.74) is 11.3. The minimum Gasteiger partial charge on any atom is -0.472 e. The van der Waals surface area contributed by atoms with Gasteiger partial charge < -0.3 is 10.2 Å². The van der Waals surface area contributed by atoms with Gasteiger partial charge in [0.25, 0.3) is 0 Å². The molecule has 0 saturated carbocycles. The number of furan rings is 1. The zero-order valence-corrected chi connectivity index (χ0v) is 12.2. The van der Waals surface area contributed by atoms with E-state index in [0.29, 0.717) is 11.8 Å². The number of hydrogen-bond donors (Lipinski definition) is 1. The summed E-state index contributed by atoms with van der Waals surface area (Å²) >= 11 is 0. The lowest BCUT2D eigenvalue weighted by Gasteiger charge is -2.20. The number of benzene rings is 1. The molecule has 0 spiro atoms. The Labute approximate surface area is 115 Å². The van der Waals surface area contributed by atoms with E-state index in [1.165, 1.54) is 16.7 Å². The Morgan fingerprint density at radius 1 is 0.895 bits per heavy atom. The monoisotopic (exact) mass is 257 g/mol. The first kappa shape index (κ1) is 13.9. The van der Waals surface area contributed by atoms with Crippen molar-refractivity contribution in [3.8, 4) is 0 Å². The molecular formula is C17H23NO. The maximum absolute atomic E-state index is 6.37. The van der Waals surface area contributed by atoms with Crippen LogP contribution in [-0.4, -0.2) is 0 Å². The minimum absolute atomic E-state index is 0.114. The first-order chi connectivity index (χ1) is 9.00. The lowest BCUT2D eigenvalue weighted by molar-refractivity contribution is 0.562. The molecular weight excluding hydrogens is 234 g/mol. The summed E-state index contributed by atoms with van der Waals surface area (Å²) in [5, 5.41) is 0. The van der Waals surface area contributed by atoms with Crippen molar-refractivity contribution in [3.63, 3.8) is 0 Å². The summed E-state index contributed by atoms with van der Waals surface area (Å²) in [7, 11) is 0. The van der Waals surface area contributed by atoms with E-state index < -0.39 is 0 Å². The highest BCUT2D eigenvalue weighted by atomic mass is 16.3. The van der Waals surface area contributed by atoms with Crippen LogP contribution in [0.15, 0.2) is 41.2 Å². The highest BCUT2D eigenvalue weighted by Gasteiger charge is 2.17. The van der Waals surface area contributed by atoms with Gasteiger partial charge in [0.15, 0.2) is 0 Å². The van der Waals surface area contributed by atoms with Crippen molar-refractivity contribution in [2.24, 2.45) is 5.73 Å². The van der Waals surface area contributed by atoms with Gasteiger partial charge in [0, 0.05) is 5.56 Å². The molecule has 0 bridgehead atoms. The van der Waals surface area contributed by atoms with Gasteiger partial charge >= 0.3 is 0 Å². The Balaban J connectivity index is 2.45. The summed E-state index contributed by atoms with van der Waals surface area (Å²) in [6.45, 7) is 8.86. The molecule has 0 saturated heterocycles. The molecule has 19 heavy (non-hydrogen) atoms. The predicted molar refractivity (Wildman–Crippen MR) is 79.4 cm³/mol. The van der Waals surface area contributed by atoms with E-state index in [1.807, 2.05) is 6.07 Å². The van der Waals surface area contributed by atoms with Crippen molar-refractivity contribution in [3.05, 3.63) is 59.0 Å². The molecule has 102 valence electrons. The lowest BCUT2D eigenvalue weighted by atomic mass is 9.87. The number of hydrogen-bond acceptors (Lipinski definition) is 2. The molecule has 0 aliphatic heterocycles. The fourth-order valence-corrected chi connectivity index (χ4v) is 2.37. The largest absolute Gasteiger partial charge is 0.472 e. The second-order valence-corrected chi connectivity index (χ2v) is 5.73. The van der Waals surface area contributed by atoms with Gasteiger partial charge in [0.05, 0.1) is 18.6 Å². The van der Waals surface area contributed by atoms with E-state index in [1.54, 1.807) is 12.5 Å². The normalized spacial score (nSPS) is 13.2. The standard InChI is InChI=1S/C17H23NO/c1-11(2)13-5-6-15(16(9-13)12(3)4)17(18)14-7-8-19-10-14/h5-12,17H,18H2,1-4H3. The Kier molecular flexibility index (Phi) is 4.11. The van der Waals surface area contributed by atoms with E-state index in [0.717, 1.165) is 5.56 Å². The summed E-state index contributed by atoms with van der Waals surface area (Å²) in [5.74, 6) is 1.00. The molecule has 1 heterocycles. The third-order valence-corrected chi connectivity index (χ3v) is 3.64. The van der Waals surface area contributed by atoms with Gasteiger partial charge in [-0.15, -0.1) is 0 Å². The molecule has 2 N–H and O–H groups in total. The maximum Gasteiger partial charge on any atom is 0.0953 e. The van der Waals surface area contributed by atoms with E-state index in [2.05, 4.69) is 45.9 Å². The van der Waals surface area contributed by atoms with Gasteiger partial charge in [-0.2, -0.15) is 0 Å². The third kappa shape index (κ3) is 2.90. The molecule has 0 aliphatic carbocycles. The fourth-order valence-electron chi connectivity index (χ4n) is 2.37. The van der Waals surface area contributed by atoms with Crippen LogP contribution in [0.5, 0.6) is 0 Å². The first-order valence-electron chi connectivity index (χ1n) is 6.92. The molecule has 0 fully saturated rings. The van der Waals surface area contributed by atoms with Crippen LogP contribution in [0.4, 0.5) is 0 Å². The second kappa shape index (κ2) is 5.62. The molecule has 2 aromatic rings. The molecule has 1 unspecified atom stereocenters. The van der Waals surface area contributed by atoms with Crippen LogP contribution in [0.2, 0.25) is 0 Å². The second-order valence-electron chi connectivity index (χ2n) is 5.73. The van der Waals surface area contributed by atoms with E-state index >= 15 is 0 Å². The van der Waals surface area contributed by atoms with Crippen LogP contribution in [0.1, 0.15) is 67.8 Å². The highest BCUT2D eigenvalue weighted by molar-refractivity contribution is 5.41. The smallest absolute Gasteiger partial charge is 0.0953 e. The van der Waals surface area contributed by atoms with E-state index in [-0.39, 0.29) is 6.04 Å². The maximum atomic E-state index is 6.37. The van der Waals surface area contributed by atoms with Crippen LogP contribution in [0, 0.1) is 0 Å². The Bertz CT molecular complexity index is 526. The van der Waals surface area contributed by atoms with Crippen molar-refractivity contribution in [1.29, 1.82) is 0 Å². The van der Waals surface area contributed by atoms with Crippen molar-refractivity contribution in [2.75, 3.05) is 0 Å². The van der Waals surface area contributed by atoms with Gasteiger partial charge in [0.2, 0.25) is 0 Å².